The van der Waals surface area contributed by atoms with Crippen molar-refractivity contribution in [2.75, 3.05) is 7.05 Å². The van der Waals surface area contributed by atoms with Crippen LogP contribution >= 0.6 is 0 Å². The highest BCUT2D eigenvalue weighted by molar-refractivity contribution is 6.67. The van der Waals surface area contributed by atoms with Crippen LogP contribution in [0.2, 0.25) is 13.1 Å². The number of hydrogen-bond acceptors (Lipinski definition) is 1. The molecule has 0 bridgehead atoms. The molecule has 2 heteroatoms. The van der Waals surface area contributed by atoms with E-state index in [0.717, 1.165) is 0 Å². The molecule has 1 aliphatic rings. The highest BCUT2D eigenvalue weighted by Gasteiger charge is 2.25. The molecule has 1 heterocycles. The number of aryl methyl sites for hydroxylation is 3. The van der Waals surface area contributed by atoms with E-state index < -0.39 is 8.80 Å². The number of hydrogen-bond donors (Lipinski definition) is 0. The topological polar surface area (TPSA) is 3.24 Å². The first-order chi connectivity index (χ1) is 11.9. The quantitative estimate of drug-likeness (QED) is 0.654. The summed E-state index contributed by atoms with van der Waals surface area (Å²) in [6.07, 6.45) is 4.91. The Labute approximate surface area is 154 Å². The van der Waals surface area contributed by atoms with Crippen LogP contribution in [0.4, 0.5) is 0 Å². The van der Waals surface area contributed by atoms with Gasteiger partial charge in [-0.1, -0.05) is 55.6 Å². The van der Waals surface area contributed by atoms with Crippen molar-refractivity contribution in [3.8, 4) is 0 Å². The molecule has 0 fully saturated rings. The van der Waals surface area contributed by atoms with Gasteiger partial charge in [-0.15, -0.1) is 0 Å². The van der Waals surface area contributed by atoms with Crippen molar-refractivity contribution in [1.29, 1.82) is 0 Å². The van der Waals surface area contributed by atoms with Crippen LogP contribution in [-0.2, 0) is 0 Å². The first-order valence-electron chi connectivity index (χ1n) is 9.18. The van der Waals surface area contributed by atoms with Crippen molar-refractivity contribution in [3.63, 3.8) is 0 Å². The zero-order valence-corrected chi connectivity index (χ0v) is 17.5. The summed E-state index contributed by atoms with van der Waals surface area (Å²) >= 11 is 0. The van der Waals surface area contributed by atoms with Gasteiger partial charge in [0.25, 0.3) is 0 Å². The van der Waals surface area contributed by atoms with Gasteiger partial charge < -0.3 is 4.90 Å². The second-order valence-corrected chi connectivity index (χ2v) is 10.5. The molecular weight excluding hydrogens is 318 g/mol. The first kappa shape index (κ1) is 17.8. The lowest BCUT2D eigenvalue weighted by atomic mass is 9.89. The van der Waals surface area contributed by atoms with E-state index in [1.165, 1.54) is 33.4 Å². The Morgan fingerprint density at radius 3 is 2.04 bits per heavy atom. The predicted molar refractivity (Wildman–Crippen MR) is 113 cm³/mol. The number of benzene rings is 2. The Kier molecular flexibility index (Phi) is 5.00. The van der Waals surface area contributed by atoms with Gasteiger partial charge in [-0.05, 0) is 71.6 Å². The molecule has 3 rings (SSSR count). The number of likely N-dealkylation sites (N-methyl/N-ethyl adjacent to an activating group) is 1. The molecule has 1 atom stereocenters. The minimum absolute atomic E-state index is 0.298. The minimum Gasteiger partial charge on any atom is -0.370 e. The Morgan fingerprint density at radius 2 is 1.44 bits per heavy atom. The second-order valence-electron chi connectivity index (χ2n) is 7.55. The van der Waals surface area contributed by atoms with Crippen LogP contribution in [0.5, 0.6) is 0 Å². The molecule has 0 spiro atoms. The molecule has 0 saturated heterocycles. The molecule has 0 amide bonds. The van der Waals surface area contributed by atoms with E-state index in [4.69, 9.17) is 0 Å². The van der Waals surface area contributed by atoms with Gasteiger partial charge in [0, 0.05) is 7.05 Å². The standard InChI is InChI=1S/C23H29NSi/c1-16-10-7-8-13-19(16)21-14-20(22(25(5)6)15-24(21)4)23-17(2)11-9-12-18(23)3/h7-15,21,25H,1-6H3. The fourth-order valence-corrected chi connectivity index (χ4v) is 5.29. The molecule has 2 aromatic carbocycles. The zero-order chi connectivity index (χ0) is 18.1. The van der Waals surface area contributed by atoms with Gasteiger partial charge in [0.1, 0.15) is 0 Å². The summed E-state index contributed by atoms with van der Waals surface area (Å²) in [5.41, 5.74) is 8.40. The van der Waals surface area contributed by atoms with E-state index in [9.17, 15) is 0 Å². The average molecular weight is 348 g/mol. The third-order valence-electron chi connectivity index (χ3n) is 5.30. The number of rotatable bonds is 3. The van der Waals surface area contributed by atoms with Crippen molar-refractivity contribution in [2.24, 2.45) is 0 Å². The van der Waals surface area contributed by atoms with Crippen LogP contribution in [0.15, 0.2) is 59.9 Å². The molecule has 0 N–H and O–H groups in total. The van der Waals surface area contributed by atoms with Crippen LogP contribution in [0.3, 0.4) is 0 Å². The van der Waals surface area contributed by atoms with Crippen LogP contribution in [-0.4, -0.2) is 20.7 Å². The van der Waals surface area contributed by atoms with E-state index in [1.54, 1.807) is 5.20 Å². The lowest BCUT2D eigenvalue weighted by Gasteiger charge is -2.34. The summed E-state index contributed by atoms with van der Waals surface area (Å²) in [7, 11) is 1.27. The van der Waals surface area contributed by atoms with E-state index in [2.05, 4.69) is 101 Å². The Morgan fingerprint density at radius 1 is 0.840 bits per heavy atom. The van der Waals surface area contributed by atoms with Gasteiger partial charge in [0.15, 0.2) is 0 Å². The minimum atomic E-state index is -0.942. The first-order valence-corrected chi connectivity index (χ1v) is 12.1. The summed E-state index contributed by atoms with van der Waals surface area (Å²) in [5.74, 6) is 0. The number of nitrogens with zero attached hydrogens (tertiary/aromatic N) is 1. The Hall–Kier alpha value is -2.06. The maximum atomic E-state index is 2.50. The van der Waals surface area contributed by atoms with Crippen LogP contribution in [0.25, 0.3) is 5.57 Å². The van der Waals surface area contributed by atoms with Crippen molar-refractivity contribution in [2.45, 2.75) is 39.9 Å². The molecular formula is C23H29NSi. The maximum absolute atomic E-state index is 2.50. The van der Waals surface area contributed by atoms with E-state index in [0.29, 0.717) is 6.04 Å². The van der Waals surface area contributed by atoms with Gasteiger partial charge in [-0.2, -0.15) is 0 Å². The largest absolute Gasteiger partial charge is 0.370 e. The highest BCUT2D eigenvalue weighted by Crippen LogP contribution is 2.39. The average Bonchev–Trinajstić information content (AvgIpc) is 2.56. The van der Waals surface area contributed by atoms with Crippen LogP contribution in [0, 0.1) is 20.8 Å². The highest BCUT2D eigenvalue weighted by atomic mass is 28.3. The van der Waals surface area contributed by atoms with Crippen molar-refractivity contribution < 1.29 is 0 Å². The second kappa shape index (κ2) is 7.05. The van der Waals surface area contributed by atoms with Gasteiger partial charge in [0.2, 0.25) is 0 Å². The van der Waals surface area contributed by atoms with Crippen molar-refractivity contribution in [1.82, 2.24) is 4.90 Å². The molecule has 1 nitrogen and oxygen atoms in total. The fourth-order valence-electron chi connectivity index (χ4n) is 3.90. The monoisotopic (exact) mass is 347 g/mol. The lowest BCUT2D eigenvalue weighted by Crippen LogP contribution is -2.26. The fraction of sp³-hybridized carbons (Fsp3) is 0.304. The molecule has 0 aliphatic carbocycles. The number of allylic oxidation sites excluding steroid dienone is 2. The van der Waals surface area contributed by atoms with Gasteiger partial charge in [-0.25, -0.2) is 0 Å². The molecule has 1 aliphatic heterocycles. The molecule has 130 valence electrons. The summed E-state index contributed by atoms with van der Waals surface area (Å²) < 4.78 is 0. The molecule has 0 aromatic heterocycles. The molecule has 2 aromatic rings. The summed E-state index contributed by atoms with van der Waals surface area (Å²) in [6.45, 7) is 11.5. The lowest BCUT2D eigenvalue weighted by molar-refractivity contribution is 0.389. The van der Waals surface area contributed by atoms with Gasteiger partial charge >= 0.3 is 0 Å². The zero-order valence-electron chi connectivity index (χ0n) is 16.3. The van der Waals surface area contributed by atoms with E-state index in [-0.39, 0.29) is 0 Å². The normalized spacial score (nSPS) is 17.6. The molecule has 0 radical (unpaired) electrons. The third kappa shape index (κ3) is 3.36. The smallest absolute Gasteiger partial charge is 0.0729 e. The van der Waals surface area contributed by atoms with Crippen molar-refractivity contribution >= 4 is 14.4 Å². The predicted octanol–water partition coefficient (Wildman–Crippen LogP) is 5.59. The molecule has 25 heavy (non-hydrogen) atoms. The third-order valence-corrected chi connectivity index (χ3v) is 7.00. The Bertz CT molecular complexity index is 825. The summed E-state index contributed by atoms with van der Waals surface area (Å²) in [4.78, 5) is 2.39. The Balaban J connectivity index is 2.19. The van der Waals surface area contributed by atoms with Crippen LogP contribution in [0.1, 0.15) is 33.9 Å². The summed E-state index contributed by atoms with van der Waals surface area (Å²) in [5, 5.41) is 1.56. The molecule has 0 saturated carbocycles. The van der Waals surface area contributed by atoms with Gasteiger partial charge in [-0.3, -0.25) is 0 Å². The summed E-state index contributed by atoms with van der Waals surface area (Å²) in [6, 6.07) is 15.7. The van der Waals surface area contributed by atoms with E-state index in [1.807, 2.05) is 0 Å². The molecule has 1 unspecified atom stereocenters. The van der Waals surface area contributed by atoms with E-state index >= 15 is 0 Å². The maximum Gasteiger partial charge on any atom is 0.0729 e. The van der Waals surface area contributed by atoms with Crippen LogP contribution < -0.4 is 0 Å². The van der Waals surface area contributed by atoms with Crippen molar-refractivity contribution in [3.05, 3.63) is 87.8 Å². The van der Waals surface area contributed by atoms with Gasteiger partial charge in [0.05, 0.1) is 14.8 Å². The SMILES string of the molecule is Cc1ccccc1C1C=C(c2c(C)cccc2C)C([SiH](C)C)=CN1C.